The Morgan fingerprint density at radius 3 is 2.78 bits per heavy atom. The van der Waals surface area contributed by atoms with Gasteiger partial charge in [0.15, 0.2) is 5.13 Å². The summed E-state index contributed by atoms with van der Waals surface area (Å²) in [5, 5.41) is 22.6. The maximum atomic E-state index is 12.4. The summed E-state index contributed by atoms with van der Waals surface area (Å²) in [6, 6.07) is 4.25. The van der Waals surface area contributed by atoms with Crippen molar-refractivity contribution in [3.63, 3.8) is 0 Å². The standard InChI is InChI=1S/C25H29N9OS/c1-4-16-11-32(25-28-8-19(6-26)36-25)14-21(16)31-23-20(24(27)35)9-30-34-13-17(5-22(23)34)18-7-29-33(12-18)10-15(2)3/h5,7-9,12-13,15-16,21,31H,4,10-11,14H2,1-3H3,(H2,27,35)/t16-,21+/m0/s1. The van der Waals surface area contributed by atoms with Gasteiger partial charge in [0.2, 0.25) is 0 Å². The van der Waals surface area contributed by atoms with E-state index in [1.807, 2.05) is 29.3 Å². The zero-order valence-electron chi connectivity index (χ0n) is 20.5. The number of nitriles is 1. The molecule has 4 aromatic rings. The highest BCUT2D eigenvalue weighted by Gasteiger charge is 2.34. The molecule has 186 valence electrons. The minimum atomic E-state index is -0.526. The molecule has 0 bridgehead atoms. The molecule has 1 aliphatic heterocycles. The molecule has 0 saturated carbocycles. The van der Waals surface area contributed by atoms with E-state index in [1.165, 1.54) is 17.5 Å². The number of aromatic nitrogens is 5. The Balaban J connectivity index is 1.48. The summed E-state index contributed by atoms with van der Waals surface area (Å²) >= 11 is 1.40. The van der Waals surface area contributed by atoms with Crippen molar-refractivity contribution in [1.82, 2.24) is 24.4 Å². The van der Waals surface area contributed by atoms with Crippen LogP contribution in [0.2, 0.25) is 0 Å². The van der Waals surface area contributed by atoms with Crippen LogP contribution in [-0.4, -0.2) is 49.4 Å². The van der Waals surface area contributed by atoms with Crippen LogP contribution in [0.5, 0.6) is 0 Å². The van der Waals surface area contributed by atoms with Gasteiger partial charge in [-0.05, 0) is 24.3 Å². The minimum absolute atomic E-state index is 0.0703. The van der Waals surface area contributed by atoms with E-state index in [2.05, 4.69) is 52.2 Å². The lowest BCUT2D eigenvalue weighted by Gasteiger charge is -2.21. The van der Waals surface area contributed by atoms with E-state index >= 15 is 0 Å². The smallest absolute Gasteiger partial charge is 0.252 e. The second-order valence-corrected chi connectivity index (χ2v) is 10.7. The molecule has 2 atom stereocenters. The molecule has 10 nitrogen and oxygen atoms in total. The number of rotatable bonds is 8. The summed E-state index contributed by atoms with van der Waals surface area (Å²) < 4.78 is 3.72. The molecule has 3 N–H and O–H groups in total. The number of nitrogens with two attached hydrogens (primary N) is 1. The largest absolute Gasteiger partial charge is 0.378 e. The van der Waals surface area contributed by atoms with Crippen molar-refractivity contribution in [2.24, 2.45) is 17.6 Å². The first-order valence-corrected chi connectivity index (χ1v) is 12.9. The van der Waals surface area contributed by atoms with Gasteiger partial charge >= 0.3 is 0 Å². The van der Waals surface area contributed by atoms with Crippen LogP contribution in [0.4, 0.5) is 10.8 Å². The minimum Gasteiger partial charge on any atom is -0.378 e. The molecule has 0 aliphatic carbocycles. The van der Waals surface area contributed by atoms with Crippen molar-refractivity contribution in [3.05, 3.63) is 47.5 Å². The van der Waals surface area contributed by atoms with E-state index in [0.29, 0.717) is 34.5 Å². The summed E-state index contributed by atoms with van der Waals surface area (Å²) in [6.07, 6.45) is 9.92. The zero-order valence-corrected chi connectivity index (χ0v) is 21.4. The van der Waals surface area contributed by atoms with Crippen LogP contribution < -0.4 is 16.0 Å². The Labute approximate surface area is 213 Å². The predicted molar refractivity (Wildman–Crippen MR) is 140 cm³/mol. The summed E-state index contributed by atoms with van der Waals surface area (Å²) in [4.78, 5) is 19.6. The van der Waals surface area contributed by atoms with Gasteiger partial charge in [-0.3, -0.25) is 9.48 Å². The van der Waals surface area contributed by atoms with Gasteiger partial charge in [-0.1, -0.05) is 32.1 Å². The number of thiazole rings is 1. The highest BCUT2D eigenvalue weighted by molar-refractivity contribution is 7.16. The maximum Gasteiger partial charge on any atom is 0.252 e. The predicted octanol–water partition coefficient (Wildman–Crippen LogP) is 3.61. The number of hydrogen-bond donors (Lipinski definition) is 2. The van der Waals surface area contributed by atoms with Crippen molar-refractivity contribution in [1.29, 1.82) is 5.26 Å². The topological polar surface area (TPSA) is 130 Å². The molecule has 1 fully saturated rings. The lowest BCUT2D eigenvalue weighted by molar-refractivity contribution is 0.100. The molecule has 1 amide bonds. The van der Waals surface area contributed by atoms with Gasteiger partial charge in [0.05, 0.1) is 35.4 Å². The normalized spacial score (nSPS) is 17.7. The van der Waals surface area contributed by atoms with Crippen molar-refractivity contribution in [2.75, 3.05) is 23.3 Å². The third kappa shape index (κ3) is 4.52. The van der Waals surface area contributed by atoms with Gasteiger partial charge in [-0.2, -0.15) is 15.5 Å². The van der Waals surface area contributed by atoms with Crippen molar-refractivity contribution < 1.29 is 4.79 Å². The summed E-state index contributed by atoms with van der Waals surface area (Å²) in [5.74, 6) is 0.299. The molecule has 5 rings (SSSR count). The fraction of sp³-hybridized carbons (Fsp3) is 0.400. The van der Waals surface area contributed by atoms with Gasteiger partial charge in [-0.25, -0.2) is 9.50 Å². The van der Waals surface area contributed by atoms with Crippen molar-refractivity contribution >= 4 is 33.6 Å². The van der Waals surface area contributed by atoms with E-state index in [1.54, 1.807) is 10.7 Å². The van der Waals surface area contributed by atoms with E-state index < -0.39 is 5.91 Å². The Morgan fingerprint density at radius 1 is 1.25 bits per heavy atom. The lowest BCUT2D eigenvalue weighted by atomic mass is 10.00. The molecule has 0 unspecified atom stereocenters. The molecule has 0 radical (unpaired) electrons. The number of carbonyl (C=O) groups excluding carboxylic acids is 1. The Bertz CT molecular complexity index is 1440. The Hall–Kier alpha value is -3.91. The van der Waals surface area contributed by atoms with Crippen LogP contribution >= 0.6 is 11.3 Å². The van der Waals surface area contributed by atoms with Crippen LogP contribution in [0, 0.1) is 23.2 Å². The number of fused-ring (bicyclic) bond motifs is 1. The average Bonchev–Trinajstić information content (AvgIpc) is 3.63. The Morgan fingerprint density at radius 2 is 2.08 bits per heavy atom. The van der Waals surface area contributed by atoms with E-state index in [9.17, 15) is 10.1 Å². The molecule has 5 heterocycles. The van der Waals surface area contributed by atoms with E-state index in [0.717, 1.165) is 41.3 Å². The first-order valence-electron chi connectivity index (χ1n) is 12.1. The molecule has 0 spiro atoms. The van der Waals surface area contributed by atoms with E-state index in [4.69, 9.17) is 5.73 Å². The number of anilines is 2. The molecule has 1 aliphatic rings. The second-order valence-electron chi connectivity index (χ2n) is 9.64. The van der Waals surface area contributed by atoms with Crippen molar-refractivity contribution in [2.45, 2.75) is 39.8 Å². The quantitative estimate of drug-likeness (QED) is 0.376. The average molecular weight is 504 g/mol. The monoisotopic (exact) mass is 503 g/mol. The zero-order chi connectivity index (χ0) is 25.4. The second kappa shape index (κ2) is 9.62. The molecule has 36 heavy (non-hydrogen) atoms. The van der Waals surface area contributed by atoms with Crippen LogP contribution in [-0.2, 0) is 6.54 Å². The first-order chi connectivity index (χ1) is 17.4. The number of hydrogen-bond acceptors (Lipinski definition) is 8. The fourth-order valence-electron chi connectivity index (χ4n) is 4.79. The highest BCUT2D eigenvalue weighted by atomic mass is 32.1. The van der Waals surface area contributed by atoms with Gasteiger partial charge < -0.3 is 16.0 Å². The third-order valence-corrected chi connectivity index (χ3v) is 7.55. The number of nitrogens with one attached hydrogen (secondary N) is 1. The molecular formula is C25H29N9OS. The molecule has 11 heteroatoms. The highest BCUT2D eigenvalue weighted by Crippen LogP contribution is 2.34. The number of amides is 1. The van der Waals surface area contributed by atoms with Crippen LogP contribution in [0.3, 0.4) is 0 Å². The van der Waals surface area contributed by atoms with Crippen molar-refractivity contribution in [3.8, 4) is 17.2 Å². The molecule has 4 aromatic heterocycles. The molecular weight excluding hydrogens is 474 g/mol. The Kier molecular flexibility index (Phi) is 6.36. The summed E-state index contributed by atoms with van der Waals surface area (Å²) in [5.41, 5.74) is 9.54. The molecule has 1 saturated heterocycles. The first kappa shape index (κ1) is 23.8. The van der Waals surface area contributed by atoms with Gasteiger partial charge in [0.25, 0.3) is 5.91 Å². The number of nitrogens with zero attached hydrogens (tertiary/aromatic N) is 7. The van der Waals surface area contributed by atoms with Gasteiger partial charge in [0.1, 0.15) is 10.9 Å². The SMILES string of the molecule is CC[C@H]1CN(c2ncc(C#N)s2)C[C@H]1Nc1c(C(N)=O)cnn2cc(-c3cnn(CC(C)C)c3)cc12. The number of carbonyl (C=O) groups is 1. The lowest BCUT2D eigenvalue weighted by Crippen LogP contribution is -2.30. The molecule has 0 aromatic carbocycles. The van der Waals surface area contributed by atoms with Crippen LogP contribution in [0.25, 0.3) is 16.6 Å². The van der Waals surface area contributed by atoms with Crippen LogP contribution in [0.1, 0.15) is 42.4 Å². The number of primary amides is 1. The van der Waals surface area contributed by atoms with Gasteiger partial charge in [0, 0.05) is 49.2 Å². The summed E-state index contributed by atoms with van der Waals surface area (Å²) in [7, 11) is 0. The van der Waals surface area contributed by atoms with Gasteiger partial charge in [-0.15, -0.1) is 0 Å². The van der Waals surface area contributed by atoms with Crippen LogP contribution in [0.15, 0.2) is 37.1 Å². The van der Waals surface area contributed by atoms with E-state index in [-0.39, 0.29) is 6.04 Å². The fourth-order valence-corrected chi connectivity index (χ4v) is 5.52. The maximum absolute atomic E-state index is 12.4. The third-order valence-electron chi connectivity index (χ3n) is 6.59. The summed E-state index contributed by atoms with van der Waals surface area (Å²) in [6.45, 7) is 8.85.